The number of aromatic nitrogens is 2. The summed E-state index contributed by atoms with van der Waals surface area (Å²) < 4.78 is 8.25. The van der Waals surface area contributed by atoms with Crippen LogP contribution in [0.15, 0.2) is 75.0 Å². The molecular weight excluding hydrogens is 582 g/mol. The Labute approximate surface area is 248 Å². The van der Waals surface area contributed by atoms with Crippen LogP contribution in [0.4, 0.5) is 11.4 Å². The Morgan fingerprint density at radius 3 is 2.59 bits per heavy atom. The van der Waals surface area contributed by atoms with Crippen molar-refractivity contribution in [1.29, 1.82) is 0 Å². The molecule has 0 spiro atoms. The minimum atomic E-state index is -0.271. The number of aryl methyl sites for hydroxylation is 1. The van der Waals surface area contributed by atoms with E-state index in [1.807, 2.05) is 80.5 Å². The van der Waals surface area contributed by atoms with Gasteiger partial charge in [0.2, 0.25) is 0 Å². The van der Waals surface area contributed by atoms with Gasteiger partial charge in [-0.15, -0.1) is 0 Å². The summed E-state index contributed by atoms with van der Waals surface area (Å²) in [4.78, 5) is 33.2. The Kier molecular flexibility index (Phi) is 8.83. The zero-order valence-corrected chi connectivity index (χ0v) is 25.1. The molecule has 3 aromatic carbocycles. The van der Waals surface area contributed by atoms with Gasteiger partial charge in [0.05, 0.1) is 17.1 Å². The van der Waals surface area contributed by atoms with E-state index in [-0.39, 0.29) is 24.0 Å². The van der Waals surface area contributed by atoms with Crippen LogP contribution in [0.25, 0.3) is 10.9 Å². The summed E-state index contributed by atoms with van der Waals surface area (Å²) in [5, 5.41) is 8.04. The maximum absolute atomic E-state index is 13.7. The van der Waals surface area contributed by atoms with Crippen LogP contribution in [0.1, 0.15) is 55.0 Å². The third-order valence-electron chi connectivity index (χ3n) is 7.32. The predicted molar refractivity (Wildman–Crippen MR) is 169 cm³/mol. The van der Waals surface area contributed by atoms with E-state index < -0.39 is 0 Å². The highest BCUT2D eigenvalue weighted by Crippen LogP contribution is 2.32. The summed E-state index contributed by atoms with van der Waals surface area (Å²) in [6.07, 6.45) is 6.99. The topological polar surface area (TPSA) is 88.8 Å². The van der Waals surface area contributed by atoms with Gasteiger partial charge in [-0.3, -0.25) is 9.59 Å². The quantitative estimate of drug-likeness (QED) is 0.229. The van der Waals surface area contributed by atoms with Crippen molar-refractivity contribution in [3.05, 3.63) is 92.4 Å². The molecule has 1 fully saturated rings. The highest BCUT2D eigenvalue weighted by Gasteiger charge is 2.22. The van der Waals surface area contributed by atoms with E-state index in [1.54, 1.807) is 12.3 Å². The van der Waals surface area contributed by atoms with Crippen molar-refractivity contribution in [2.75, 3.05) is 30.9 Å². The normalized spacial score (nSPS) is 14.0. The number of amides is 1. The van der Waals surface area contributed by atoms with E-state index in [9.17, 15) is 9.59 Å². The highest BCUT2D eigenvalue weighted by molar-refractivity contribution is 9.10. The van der Waals surface area contributed by atoms with Gasteiger partial charge in [-0.2, -0.15) is 9.78 Å². The van der Waals surface area contributed by atoms with Gasteiger partial charge in [0.15, 0.2) is 6.61 Å². The van der Waals surface area contributed by atoms with E-state index >= 15 is 0 Å². The van der Waals surface area contributed by atoms with Crippen molar-refractivity contribution in [3.8, 4) is 5.75 Å². The van der Waals surface area contributed by atoms with E-state index in [0.29, 0.717) is 33.7 Å². The molecule has 1 aliphatic carbocycles. The van der Waals surface area contributed by atoms with Gasteiger partial charge in [-0.25, -0.2) is 4.98 Å². The van der Waals surface area contributed by atoms with Crippen molar-refractivity contribution in [1.82, 2.24) is 9.66 Å². The van der Waals surface area contributed by atoms with Gasteiger partial charge in [0.1, 0.15) is 11.6 Å². The molecule has 0 radical (unpaired) electrons. The van der Waals surface area contributed by atoms with Crippen molar-refractivity contribution < 1.29 is 9.53 Å². The molecule has 0 unspecified atom stereocenters. The molecule has 1 aromatic heterocycles. The van der Waals surface area contributed by atoms with E-state index in [0.717, 1.165) is 41.4 Å². The van der Waals surface area contributed by atoms with E-state index in [1.165, 1.54) is 11.1 Å². The molecule has 1 amide bonds. The minimum absolute atomic E-state index is 0.166. The van der Waals surface area contributed by atoms with Gasteiger partial charge in [-0.05, 0) is 62.2 Å². The Morgan fingerprint density at radius 2 is 1.85 bits per heavy atom. The number of carbonyl (C=O) groups is 1. The Hall–Kier alpha value is -3.98. The number of nitrogens with one attached hydrogen (secondary N) is 1. The molecule has 0 bridgehead atoms. The van der Waals surface area contributed by atoms with Crippen LogP contribution in [-0.4, -0.2) is 42.5 Å². The van der Waals surface area contributed by atoms with Crippen LogP contribution in [0.2, 0.25) is 0 Å². The molecule has 1 N–H and O–H groups in total. The molecule has 0 saturated heterocycles. The molecule has 1 aliphatic rings. The molecule has 1 heterocycles. The van der Waals surface area contributed by atoms with Crippen LogP contribution < -0.4 is 20.5 Å². The molecule has 0 atom stereocenters. The lowest BCUT2D eigenvalue weighted by atomic mass is 9.88. The second-order valence-corrected chi connectivity index (χ2v) is 11.6. The summed E-state index contributed by atoms with van der Waals surface area (Å²) in [5.74, 6) is 1.07. The zero-order valence-electron chi connectivity index (χ0n) is 23.6. The Morgan fingerprint density at radius 1 is 1.10 bits per heavy atom. The first-order chi connectivity index (χ1) is 19.8. The third-order valence-corrected chi connectivity index (χ3v) is 7.82. The fraction of sp³-hybridized carbons (Fsp3) is 0.312. The van der Waals surface area contributed by atoms with Crippen molar-refractivity contribution >= 4 is 50.3 Å². The average Bonchev–Trinajstić information content (AvgIpc) is 2.97. The minimum Gasteiger partial charge on any atom is -0.483 e. The number of rotatable bonds is 8. The molecule has 0 aliphatic heterocycles. The smallest absolute Gasteiger partial charge is 0.282 e. The standard InChI is InChI=1S/C32H34BrN5O3/c1-21-9-13-25(14-10-21)35-30(39)20-41-29-18-26(37(2)3)15-11-23(29)19-34-38-31(22-7-5-4-6-8-22)36-28-16-12-24(33)17-27(28)32(38)40/h9-19,22H,4-8,20H2,1-3H3,(H,35,39). The molecular formula is C32H34BrN5O3. The summed E-state index contributed by atoms with van der Waals surface area (Å²) in [6.45, 7) is 1.82. The molecule has 4 aromatic rings. The van der Waals surface area contributed by atoms with Crippen LogP contribution in [0, 0.1) is 6.92 Å². The largest absolute Gasteiger partial charge is 0.483 e. The van der Waals surface area contributed by atoms with Gasteiger partial charge in [0, 0.05) is 47.5 Å². The van der Waals surface area contributed by atoms with Gasteiger partial charge < -0.3 is 15.0 Å². The van der Waals surface area contributed by atoms with E-state index in [4.69, 9.17) is 9.72 Å². The number of benzene rings is 3. The van der Waals surface area contributed by atoms with Crippen molar-refractivity contribution in [2.45, 2.75) is 44.9 Å². The summed E-state index contributed by atoms with van der Waals surface area (Å²) in [6, 6.07) is 18.8. The first-order valence-electron chi connectivity index (χ1n) is 13.9. The fourth-order valence-corrected chi connectivity index (χ4v) is 5.39. The first kappa shape index (κ1) is 28.5. The van der Waals surface area contributed by atoms with Gasteiger partial charge in [0.25, 0.3) is 11.5 Å². The number of carbonyl (C=O) groups excluding carboxylic acids is 1. The average molecular weight is 617 g/mol. The maximum atomic E-state index is 13.7. The first-order valence-corrected chi connectivity index (χ1v) is 14.6. The lowest BCUT2D eigenvalue weighted by Crippen LogP contribution is -2.25. The van der Waals surface area contributed by atoms with Gasteiger partial charge in [-0.1, -0.05) is 52.9 Å². The van der Waals surface area contributed by atoms with Crippen LogP contribution >= 0.6 is 15.9 Å². The van der Waals surface area contributed by atoms with E-state index in [2.05, 4.69) is 26.3 Å². The lowest BCUT2D eigenvalue weighted by Gasteiger charge is -2.23. The summed E-state index contributed by atoms with van der Waals surface area (Å²) >= 11 is 3.48. The number of hydrogen-bond donors (Lipinski definition) is 1. The number of ether oxygens (including phenoxy) is 1. The molecule has 9 heteroatoms. The third kappa shape index (κ3) is 6.85. The fourth-order valence-electron chi connectivity index (χ4n) is 5.03. The second kappa shape index (κ2) is 12.7. The van der Waals surface area contributed by atoms with Crippen molar-refractivity contribution in [2.24, 2.45) is 5.10 Å². The monoisotopic (exact) mass is 615 g/mol. The van der Waals surface area contributed by atoms with Crippen LogP contribution in [0.5, 0.6) is 5.75 Å². The highest BCUT2D eigenvalue weighted by atomic mass is 79.9. The Bertz CT molecular complexity index is 1640. The number of fused-ring (bicyclic) bond motifs is 1. The number of hydrogen-bond acceptors (Lipinski definition) is 6. The molecule has 41 heavy (non-hydrogen) atoms. The lowest BCUT2D eigenvalue weighted by molar-refractivity contribution is -0.118. The van der Waals surface area contributed by atoms with Gasteiger partial charge >= 0.3 is 0 Å². The SMILES string of the molecule is Cc1ccc(NC(=O)COc2cc(N(C)C)ccc2C=Nn2c(C3CCCCC3)nc3ccc(Br)cc3c2=O)cc1. The number of nitrogens with zero attached hydrogens (tertiary/aromatic N) is 4. The second-order valence-electron chi connectivity index (χ2n) is 10.6. The van der Waals surface area contributed by atoms with Crippen LogP contribution in [0.3, 0.4) is 0 Å². The maximum Gasteiger partial charge on any atom is 0.282 e. The summed E-state index contributed by atoms with van der Waals surface area (Å²) in [5.41, 5.74) is 3.84. The molecule has 5 rings (SSSR count). The van der Waals surface area contributed by atoms with Crippen molar-refractivity contribution in [3.63, 3.8) is 0 Å². The number of halogens is 1. The predicted octanol–water partition coefficient (Wildman–Crippen LogP) is 6.48. The van der Waals surface area contributed by atoms with Crippen LogP contribution in [-0.2, 0) is 4.79 Å². The Balaban J connectivity index is 1.47. The molecule has 8 nitrogen and oxygen atoms in total. The zero-order chi connectivity index (χ0) is 28.9. The summed E-state index contributed by atoms with van der Waals surface area (Å²) in [7, 11) is 3.87. The number of anilines is 2. The molecule has 1 saturated carbocycles. The molecule has 212 valence electrons.